The summed E-state index contributed by atoms with van der Waals surface area (Å²) in [4.78, 5) is 28.6. The first-order valence-electron chi connectivity index (χ1n) is 11.4. The van der Waals surface area contributed by atoms with Crippen LogP contribution in [0.2, 0.25) is 10.0 Å². The zero-order valence-corrected chi connectivity index (χ0v) is 21.0. The van der Waals surface area contributed by atoms with Gasteiger partial charge < -0.3 is 10.2 Å². The number of amides is 2. The van der Waals surface area contributed by atoms with Crippen LogP contribution in [-0.2, 0) is 29.0 Å². The molecule has 0 aliphatic heterocycles. The maximum absolute atomic E-state index is 13.6. The third kappa shape index (κ3) is 7.61. The Bertz CT molecular complexity index is 1090. The molecule has 1 unspecified atom stereocenters. The van der Waals surface area contributed by atoms with E-state index in [1.807, 2.05) is 80.6 Å². The first kappa shape index (κ1) is 25.8. The summed E-state index contributed by atoms with van der Waals surface area (Å²) < 4.78 is 0. The van der Waals surface area contributed by atoms with E-state index in [9.17, 15) is 9.59 Å². The van der Waals surface area contributed by atoms with Gasteiger partial charge in [0.25, 0.3) is 0 Å². The van der Waals surface area contributed by atoms with Gasteiger partial charge in [-0.05, 0) is 49.1 Å². The van der Waals surface area contributed by atoms with Gasteiger partial charge in [-0.2, -0.15) is 0 Å². The number of rotatable bonds is 10. The van der Waals surface area contributed by atoms with Crippen molar-refractivity contribution in [3.63, 3.8) is 0 Å². The van der Waals surface area contributed by atoms with Gasteiger partial charge in [-0.25, -0.2) is 0 Å². The monoisotopic (exact) mass is 496 g/mol. The third-order valence-corrected chi connectivity index (χ3v) is 6.25. The van der Waals surface area contributed by atoms with Crippen LogP contribution in [0.3, 0.4) is 0 Å². The lowest BCUT2D eigenvalue weighted by Gasteiger charge is -2.32. The lowest BCUT2D eigenvalue weighted by Crippen LogP contribution is -2.51. The number of aryl methyl sites for hydroxylation is 1. The summed E-state index contributed by atoms with van der Waals surface area (Å²) in [6.45, 7) is 4.09. The zero-order chi connectivity index (χ0) is 24.5. The molecule has 3 rings (SSSR count). The Labute approximate surface area is 211 Å². The van der Waals surface area contributed by atoms with Crippen molar-refractivity contribution >= 4 is 35.0 Å². The van der Waals surface area contributed by atoms with Crippen LogP contribution >= 0.6 is 23.2 Å². The number of carbonyl (C=O) groups is 2. The van der Waals surface area contributed by atoms with Crippen molar-refractivity contribution in [2.45, 2.75) is 51.7 Å². The Morgan fingerprint density at radius 1 is 0.824 bits per heavy atom. The summed E-state index contributed by atoms with van der Waals surface area (Å²) in [5, 5.41) is 3.87. The first-order valence-corrected chi connectivity index (χ1v) is 12.2. The summed E-state index contributed by atoms with van der Waals surface area (Å²) >= 11 is 12.3. The van der Waals surface area contributed by atoms with Gasteiger partial charge in [0.05, 0.1) is 10.0 Å². The summed E-state index contributed by atoms with van der Waals surface area (Å²) in [7, 11) is 0. The molecule has 0 aliphatic rings. The van der Waals surface area contributed by atoms with Gasteiger partial charge in [0.2, 0.25) is 11.8 Å². The molecule has 1 atom stereocenters. The van der Waals surface area contributed by atoms with Crippen molar-refractivity contribution in [2.24, 2.45) is 0 Å². The number of hydrogen-bond donors (Lipinski definition) is 1. The van der Waals surface area contributed by atoms with Gasteiger partial charge in [-0.3, -0.25) is 9.59 Å². The van der Waals surface area contributed by atoms with Crippen LogP contribution in [-0.4, -0.2) is 28.8 Å². The lowest BCUT2D eigenvalue weighted by atomic mass is 10.0. The van der Waals surface area contributed by atoms with Crippen LogP contribution in [0.4, 0.5) is 0 Å². The normalized spacial score (nSPS) is 11.8. The van der Waals surface area contributed by atoms with E-state index < -0.39 is 6.04 Å². The van der Waals surface area contributed by atoms with Gasteiger partial charge in [0, 0.05) is 25.4 Å². The molecular formula is C28H30Cl2N2O2. The highest BCUT2D eigenvalue weighted by molar-refractivity contribution is 6.42. The number of benzene rings is 3. The fourth-order valence-corrected chi connectivity index (χ4v) is 4.13. The molecule has 0 saturated heterocycles. The smallest absolute Gasteiger partial charge is 0.243 e. The predicted octanol–water partition coefficient (Wildman–Crippen LogP) is 6.09. The summed E-state index contributed by atoms with van der Waals surface area (Å²) in [6.07, 6.45) is 1.31. The third-order valence-electron chi connectivity index (χ3n) is 5.51. The Hall–Kier alpha value is -2.82. The van der Waals surface area contributed by atoms with E-state index in [-0.39, 0.29) is 24.4 Å². The topological polar surface area (TPSA) is 49.4 Å². The molecule has 0 aliphatic carbocycles. The molecule has 0 bridgehead atoms. The number of carbonyl (C=O) groups excluding carboxylic acids is 2. The standard InChI is InChI=1S/C28H30Cl2N2O2/c1-20(2)31-28(34)26(18-22-11-7-4-8-12-22)32(19-23-13-15-24(29)25(30)17-23)27(33)16-14-21-9-5-3-6-10-21/h3-13,15,17,20,26H,14,16,18-19H2,1-2H3,(H,31,34). The summed E-state index contributed by atoms with van der Waals surface area (Å²) in [6, 6.07) is 24.2. The Kier molecular flexibility index (Phi) is 9.55. The van der Waals surface area contributed by atoms with Gasteiger partial charge in [-0.1, -0.05) is 89.9 Å². The van der Waals surface area contributed by atoms with Gasteiger partial charge in [0.15, 0.2) is 0 Å². The molecule has 1 N–H and O–H groups in total. The van der Waals surface area contributed by atoms with Crippen molar-refractivity contribution < 1.29 is 9.59 Å². The Morgan fingerprint density at radius 2 is 1.44 bits per heavy atom. The molecule has 0 fully saturated rings. The van der Waals surface area contributed by atoms with E-state index in [0.717, 1.165) is 16.7 Å². The molecule has 0 aromatic heterocycles. The second-order valence-electron chi connectivity index (χ2n) is 8.62. The van der Waals surface area contributed by atoms with Crippen molar-refractivity contribution in [1.82, 2.24) is 10.2 Å². The van der Waals surface area contributed by atoms with Crippen LogP contribution < -0.4 is 5.32 Å². The molecule has 178 valence electrons. The largest absolute Gasteiger partial charge is 0.352 e. The van der Waals surface area contributed by atoms with Crippen LogP contribution in [0.5, 0.6) is 0 Å². The predicted molar refractivity (Wildman–Crippen MR) is 139 cm³/mol. The van der Waals surface area contributed by atoms with E-state index in [0.29, 0.717) is 29.3 Å². The highest BCUT2D eigenvalue weighted by Crippen LogP contribution is 2.24. The molecule has 2 amide bonds. The molecule has 0 saturated carbocycles. The second-order valence-corrected chi connectivity index (χ2v) is 9.44. The fraction of sp³-hybridized carbons (Fsp3) is 0.286. The SMILES string of the molecule is CC(C)NC(=O)C(Cc1ccccc1)N(Cc1ccc(Cl)c(Cl)c1)C(=O)CCc1ccccc1. The van der Waals surface area contributed by atoms with E-state index in [4.69, 9.17) is 23.2 Å². The van der Waals surface area contributed by atoms with E-state index in [1.54, 1.807) is 17.0 Å². The molecule has 3 aromatic rings. The van der Waals surface area contributed by atoms with E-state index >= 15 is 0 Å². The minimum absolute atomic E-state index is 0.0444. The lowest BCUT2D eigenvalue weighted by molar-refractivity contribution is -0.141. The minimum Gasteiger partial charge on any atom is -0.352 e. The van der Waals surface area contributed by atoms with Crippen LogP contribution in [0.15, 0.2) is 78.9 Å². The van der Waals surface area contributed by atoms with Crippen molar-refractivity contribution in [2.75, 3.05) is 0 Å². The summed E-state index contributed by atoms with van der Waals surface area (Å²) in [5.74, 6) is -0.262. The molecule has 34 heavy (non-hydrogen) atoms. The molecule has 4 nitrogen and oxygen atoms in total. The quantitative estimate of drug-likeness (QED) is 0.369. The van der Waals surface area contributed by atoms with E-state index in [1.165, 1.54) is 0 Å². The number of nitrogens with one attached hydrogen (secondary N) is 1. The van der Waals surface area contributed by atoms with Gasteiger partial charge >= 0.3 is 0 Å². The molecule has 0 heterocycles. The number of nitrogens with zero attached hydrogens (tertiary/aromatic N) is 1. The highest BCUT2D eigenvalue weighted by Gasteiger charge is 2.30. The molecule has 6 heteroatoms. The Balaban J connectivity index is 1.92. The van der Waals surface area contributed by atoms with Gasteiger partial charge in [-0.15, -0.1) is 0 Å². The van der Waals surface area contributed by atoms with Crippen molar-refractivity contribution in [3.8, 4) is 0 Å². The maximum atomic E-state index is 13.6. The number of hydrogen-bond acceptors (Lipinski definition) is 2. The van der Waals surface area contributed by atoms with Gasteiger partial charge in [0.1, 0.15) is 6.04 Å². The molecule has 0 spiro atoms. The molecule has 0 radical (unpaired) electrons. The van der Waals surface area contributed by atoms with E-state index in [2.05, 4.69) is 5.32 Å². The maximum Gasteiger partial charge on any atom is 0.243 e. The van der Waals surface area contributed by atoms with Crippen molar-refractivity contribution in [1.29, 1.82) is 0 Å². The number of halogens is 2. The minimum atomic E-state index is -0.664. The second kappa shape index (κ2) is 12.6. The van der Waals surface area contributed by atoms with Crippen LogP contribution in [0, 0.1) is 0 Å². The van der Waals surface area contributed by atoms with Crippen LogP contribution in [0.1, 0.15) is 37.0 Å². The highest BCUT2D eigenvalue weighted by atomic mass is 35.5. The Morgan fingerprint density at radius 3 is 2.03 bits per heavy atom. The average Bonchev–Trinajstić information content (AvgIpc) is 2.83. The molecular weight excluding hydrogens is 467 g/mol. The summed E-state index contributed by atoms with van der Waals surface area (Å²) in [5.41, 5.74) is 2.89. The fourth-order valence-electron chi connectivity index (χ4n) is 3.81. The van der Waals surface area contributed by atoms with Crippen molar-refractivity contribution in [3.05, 3.63) is 106 Å². The zero-order valence-electron chi connectivity index (χ0n) is 19.5. The average molecular weight is 497 g/mol. The molecule has 3 aromatic carbocycles. The first-order chi connectivity index (χ1) is 16.3. The van der Waals surface area contributed by atoms with Crippen LogP contribution in [0.25, 0.3) is 0 Å².